The molecule has 2 heterocycles. The van der Waals surface area contributed by atoms with Gasteiger partial charge in [-0.2, -0.15) is 13.2 Å². The summed E-state index contributed by atoms with van der Waals surface area (Å²) in [5.74, 6) is 1.19. The molecular weight excluding hydrogens is 351 g/mol. The fourth-order valence-corrected chi connectivity index (χ4v) is 3.09. The fraction of sp³-hybridized carbons (Fsp3) is 0.294. The predicted molar refractivity (Wildman–Crippen MR) is 90.7 cm³/mol. The van der Waals surface area contributed by atoms with Gasteiger partial charge in [0, 0.05) is 11.9 Å². The number of imidazole rings is 1. The largest absolute Gasteiger partial charge is 0.489 e. The zero-order valence-corrected chi connectivity index (χ0v) is 14.4. The van der Waals surface area contributed by atoms with Crippen molar-refractivity contribution in [3.8, 4) is 5.75 Å². The number of halogens is 3. The predicted octanol–water partition coefficient (Wildman–Crippen LogP) is 5.06. The second kappa shape index (κ2) is 6.95. The number of nitrogens with one attached hydrogen (secondary N) is 1. The number of hydrogen-bond acceptors (Lipinski definition) is 4. The Morgan fingerprint density at radius 2 is 2.04 bits per heavy atom. The number of aromatic amines is 1. The van der Waals surface area contributed by atoms with E-state index in [0.717, 1.165) is 17.8 Å². The molecule has 0 bridgehead atoms. The van der Waals surface area contributed by atoms with E-state index in [9.17, 15) is 13.2 Å². The monoisotopic (exact) mass is 367 g/mol. The third-order valence-electron chi connectivity index (χ3n) is 3.35. The van der Waals surface area contributed by atoms with Crippen molar-refractivity contribution in [2.75, 3.05) is 0 Å². The first-order chi connectivity index (χ1) is 11.8. The number of fused-ring (bicyclic) bond motifs is 1. The Kier molecular flexibility index (Phi) is 4.89. The van der Waals surface area contributed by atoms with Crippen LogP contribution in [0.4, 0.5) is 13.2 Å². The molecule has 2 aromatic heterocycles. The summed E-state index contributed by atoms with van der Waals surface area (Å²) in [6, 6.07) is 7.12. The minimum atomic E-state index is -4.38. The molecule has 0 unspecified atom stereocenters. The summed E-state index contributed by atoms with van der Waals surface area (Å²) in [5, 5.41) is 0.537. The summed E-state index contributed by atoms with van der Waals surface area (Å²) in [6.45, 7) is 3.86. The molecule has 3 rings (SSSR count). The minimum absolute atomic E-state index is 0.0277. The fourth-order valence-electron chi connectivity index (χ4n) is 2.26. The van der Waals surface area contributed by atoms with Crippen LogP contribution in [0.5, 0.6) is 5.75 Å². The SMILES string of the molecule is CC(C)Oc1cccnc1CSc1nc2cc(C(F)(F)F)ccc2[nH]1. The number of ether oxygens (including phenoxy) is 1. The molecule has 3 aromatic rings. The highest BCUT2D eigenvalue weighted by Crippen LogP contribution is 2.32. The van der Waals surface area contributed by atoms with Crippen molar-refractivity contribution >= 4 is 22.8 Å². The Hall–Kier alpha value is -2.22. The summed E-state index contributed by atoms with van der Waals surface area (Å²) in [6.07, 6.45) is -2.67. The van der Waals surface area contributed by atoms with Crippen LogP contribution in [0.2, 0.25) is 0 Å². The Morgan fingerprint density at radius 3 is 2.76 bits per heavy atom. The van der Waals surface area contributed by atoms with E-state index in [-0.39, 0.29) is 11.6 Å². The molecule has 0 saturated heterocycles. The van der Waals surface area contributed by atoms with Crippen LogP contribution in [0.1, 0.15) is 25.1 Å². The molecule has 0 saturated carbocycles. The van der Waals surface area contributed by atoms with E-state index in [1.54, 1.807) is 12.3 Å². The maximum Gasteiger partial charge on any atom is 0.416 e. The number of alkyl halides is 3. The Balaban J connectivity index is 1.78. The topological polar surface area (TPSA) is 50.8 Å². The lowest BCUT2D eigenvalue weighted by atomic mass is 10.2. The third kappa shape index (κ3) is 4.25. The molecule has 8 heteroatoms. The number of benzene rings is 1. The molecule has 25 heavy (non-hydrogen) atoms. The molecule has 0 aliphatic carbocycles. The van der Waals surface area contributed by atoms with Gasteiger partial charge >= 0.3 is 6.18 Å². The van der Waals surface area contributed by atoms with Gasteiger partial charge in [-0.05, 0) is 44.2 Å². The van der Waals surface area contributed by atoms with Gasteiger partial charge in [0.05, 0.1) is 28.4 Å². The van der Waals surface area contributed by atoms with Crippen molar-refractivity contribution in [2.45, 2.75) is 37.0 Å². The van der Waals surface area contributed by atoms with Gasteiger partial charge in [-0.1, -0.05) is 11.8 Å². The maximum atomic E-state index is 12.8. The molecule has 0 aliphatic heterocycles. The van der Waals surface area contributed by atoms with Gasteiger partial charge < -0.3 is 9.72 Å². The maximum absolute atomic E-state index is 12.8. The van der Waals surface area contributed by atoms with Crippen molar-refractivity contribution in [3.63, 3.8) is 0 Å². The molecule has 0 fully saturated rings. The quantitative estimate of drug-likeness (QED) is 0.641. The van der Waals surface area contributed by atoms with Crippen LogP contribution >= 0.6 is 11.8 Å². The molecule has 132 valence electrons. The van der Waals surface area contributed by atoms with Crippen molar-refractivity contribution in [1.29, 1.82) is 0 Å². The highest BCUT2D eigenvalue weighted by molar-refractivity contribution is 7.98. The number of rotatable bonds is 5. The number of thioether (sulfide) groups is 1. The number of hydrogen-bond donors (Lipinski definition) is 1. The third-order valence-corrected chi connectivity index (χ3v) is 4.23. The lowest BCUT2D eigenvalue weighted by Crippen LogP contribution is -2.07. The number of H-pyrrole nitrogens is 1. The summed E-state index contributed by atoms with van der Waals surface area (Å²) in [7, 11) is 0. The van der Waals surface area contributed by atoms with Gasteiger partial charge in [0.2, 0.25) is 0 Å². The first-order valence-corrected chi connectivity index (χ1v) is 8.62. The zero-order chi connectivity index (χ0) is 18.0. The van der Waals surface area contributed by atoms with Gasteiger partial charge in [0.1, 0.15) is 5.75 Å². The van der Waals surface area contributed by atoms with E-state index < -0.39 is 11.7 Å². The van der Waals surface area contributed by atoms with Gasteiger partial charge in [-0.25, -0.2) is 4.98 Å². The van der Waals surface area contributed by atoms with Crippen LogP contribution in [0.25, 0.3) is 11.0 Å². The van der Waals surface area contributed by atoms with Crippen LogP contribution in [0.15, 0.2) is 41.7 Å². The minimum Gasteiger partial charge on any atom is -0.489 e. The normalized spacial score (nSPS) is 12.1. The summed E-state index contributed by atoms with van der Waals surface area (Å²) < 4.78 is 44.0. The van der Waals surface area contributed by atoms with Crippen LogP contribution < -0.4 is 4.74 Å². The van der Waals surface area contributed by atoms with E-state index in [0.29, 0.717) is 22.2 Å². The van der Waals surface area contributed by atoms with E-state index in [1.807, 2.05) is 19.9 Å². The van der Waals surface area contributed by atoms with E-state index in [2.05, 4.69) is 15.0 Å². The average Bonchev–Trinajstić information content (AvgIpc) is 2.94. The van der Waals surface area contributed by atoms with E-state index >= 15 is 0 Å². The number of pyridine rings is 1. The van der Waals surface area contributed by atoms with Crippen LogP contribution in [-0.4, -0.2) is 21.1 Å². The van der Waals surface area contributed by atoms with Crippen molar-refractivity contribution in [3.05, 3.63) is 47.8 Å². The number of aromatic nitrogens is 3. The molecular formula is C17H16F3N3OS. The van der Waals surface area contributed by atoms with Gasteiger partial charge in [-0.15, -0.1) is 0 Å². The first kappa shape index (κ1) is 17.6. The van der Waals surface area contributed by atoms with Gasteiger partial charge in [0.25, 0.3) is 0 Å². The molecule has 1 aromatic carbocycles. The van der Waals surface area contributed by atoms with Crippen molar-refractivity contribution < 1.29 is 17.9 Å². The summed E-state index contributed by atoms with van der Waals surface area (Å²) >= 11 is 1.36. The summed E-state index contributed by atoms with van der Waals surface area (Å²) in [4.78, 5) is 11.6. The lowest BCUT2D eigenvalue weighted by Gasteiger charge is -2.12. The Bertz CT molecular complexity index is 877. The highest BCUT2D eigenvalue weighted by Gasteiger charge is 2.30. The molecule has 0 radical (unpaired) electrons. The average molecular weight is 367 g/mol. The molecule has 4 nitrogen and oxygen atoms in total. The second-order valence-corrected chi connectivity index (χ2v) is 6.64. The first-order valence-electron chi connectivity index (χ1n) is 7.63. The standard InChI is InChI=1S/C17H16F3N3OS/c1-10(2)24-15-4-3-7-21-14(15)9-25-16-22-12-6-5-11(17(18,19)20)8-13(12)23-16/h3-8,10H,9H2,1-2H3,(H,22,23). The van der Waals surface area contributed by atoms with Crippen molar-refractivity contribution in [1.82, 2.24) is 15.0 Å². The molecule has 0 amide bonds. The van der Waals surface area contributed by atoms with Crippen LogP contribution in [0, 0.1) is 0 Å². The van der Waals surface area contributed by atoms with Crippen molar-refractivity contribution in [2.24, 2.45) is 0 Å². The van der Waals surface area contributed by atoms with Crippen LogP contribution in [-0.2, 0) is 11.9 Å². The zero-order valence-electron chi connectivity index (χ0n) is 13.6. The Morgan fingerprint density at radius 1 is 1.24 bits per heavy atom. The van der Waals surface area contributed by atoms with Gasteiger partial charge in [0.15, 0.2) is 5.16 Å². The highest BCUT2D eigenvalue weighted by atomic mass is 32.2. The molecule has 0 atom stereocenters. The van der Waals surface area contributed by atoms with Crippen LogP contribution in [0.3, 0.4) is 0 Å². The molecule has 1 N–H and O–H groups in total. The number of nitrogens with zero attached hydrogens (tertiary/aromatic N) is 2. The second-order valence-electron chi connectivity index (χ2n) is 5.68. The molecule has 0 spiro atoms. The van der Waals surface area contributed by atoms with E-state index in [1.165, 1.54) is 17.8 Å². The smallest absolute Gasteiger partial charge is 0.416 e. The lowest BCUT2D eigenvalue weighted by molar-refractivity contribution is -0.137. The summed E-state index contributed by atoms with van der Waals surface area (Å²) in [5.41, 5.74) is 0.908. The molecule has 0 aliphatic rings. The van der Waals surface area contributed by atoms with E-state index in [4.69, 9.17) is 4.74 Å². The van der Waals surface area contributed by atoms with Gasteiger partial charge in [-0.3, -0.25) is 4.98 Å². The Labute approximate surface area is 146 Å².